The lowest BCUT2D eigenvalue weighted by molar-refractivity contribution is 0.0596. The number of allylic oxidation sites excluding steroid dienone is 1. The summed E-state index contributed by atoms with van der Waals surface area (Å²) < 4.78 is 11.0. The molecular formula is C32H33N3O3. The number of ether oxygens (including phenoxy) is 2. The van der Waals surface area contributed by atoms with Crippen LogP contribution in [0.25, 0.3) is 0 Å². The molecule has 3 aromatic rings. The highest BCUT2D eigenvalue weighted by Gasteiger charge is 2.43. The van der Waals surface area contributed by atoms with E-state index < -0.39 is 28.9 Å². The number of carbonyl (C=O) groups excluding carboxylic acids is 1. The summed E-state index contributed by atoms with van der Waals surface area (Å²) in [7, 11) is 1.58. The number of nitrogens with zero attached hydrogens (tertiary/aromatic N) is 3. The lowest BCUT2D eigenvalue weighted by Gasteiger charge is -2.38. The first kappa shape index (κ1) is 28.0. The highest BCUT2D eigenvalue weighted by Crippen LogP contribution is 2.45. The summed E-state index contributed by atoms with van der Waals surface area (Å²) in [6.45, 7) is 7.35. The number of hydrogen-bond acceptors (Lipinski definition) is 5. The Bertz CT molecular complexity index is 1300. The lowest BCUT2D eigenvalue weighted by Crippen LogP contribution is -2.37. The Morgan fingerprint density at radius 2 is 1.42 bits per heavy atom. The van der Waals surface area contributed by atoms with E-state index in [1.165, 1.54) is 4.90 Å². The first-order valence-electron chi connectivity index (χ1n) is 12.4. The van der Waals surface area contributed by atoms with Crippen molar-refractivity contribution in [2.24, 2.45) is 5.92 Å². The van der Waals surface area contributed by atoms with Gasteiger partial charge in [0.05, 0.1) is 24.9 Å². The van der Waals surface area contributed by atoms with Crippen LogP contribution < -0.4 is 9.64 Å². The van der Waals surface area contributed by atoms with E-state index >= 15 is 0 Å². The van der Waals surface area contributed by atoms with Gasteiger partial charge in [-0.3, -0.25) is 4.90 Å². The van der Waals surface area contributed by atoms with Crippen LogP contribution in [0, 0.1) is 28.6 Å². The molecule has 38 heavy (non-hydrogen) atoms. The highest BCUT2D eigenvalue weighted by atomic mass is 16.6. The molecule has 0 aromatic heterocycles. The maximum atomic E-state index is 13.3. The maximum absolute atomic E-state index is 13.3. The zero-order valence-electron chi connectivity index (χ0n) is 22.5. The van der Waals surface area contributed by atoms with E-state index in [4.69, 9.17) is 9.47 Å². The van der Waals surface area contributed by atoms with Gasteiger partial charge in [0.25, 0.3) is 0 Å². The Hall–Kier alpha value is -4.55. The van der Waals surface area contributed by atoms with Crippen molar-refractivity contribution < 1.29 is 14.3 Å². The third-order valence-electron chi connectivity index (χ3n) is 6.43. The van der Waals surface area contributed by atoms with E-state index in [1.807, 2.05) is 94.4 Å². The zero-order chi connectivity index (χ0) is 27.8. The van der Waals surface area contributed by atoms with Gasteiger partial charge in [-0.25, -0.2) is 4.79 Å². The second kappa shape index (κ2) is 12.1. The van der Waals surface area contributed by atoms with Gasteiger partial charge in [-0.1, -0.05) is 73.7 Å². The van der Waals surface area contributed by atoms with Crippen molar-refractivity contribution in [3.05, 3.63) is 108 Å². The lowest BCUT2D eigenvalue weighted by atomic mass is 9.62. The summed E-state index contributed by atoms with van der Waals surface area (Å²) in [5.41, 5.74) is 0.702. The molecule has 0 saturated carbocycles. The Balaban J connectivity index is 2.20. The summed E-state index contributed by atoms with van der Waals surface area (Å²) in [6.07, 6.45) is 2.99. The number of rotatable bonds is 8. The number of methoxy groups -OCH3 is 1. The molecule has 0 radical (unpaired) electrons. The number of nitriles is 2. The molecule has 0 aliphatic heterocycles. The molecule has 0 aliphatic rings. The minimum Gasteiger partial charge on any atom is -0.497 e. The van der Waals surface area contributed by atoms with Crippen LogP contribution in [0.5, 0.6) is 5.75 Å². The van der Waals surface area contributed by atoms with Crippen molar-refractivity contribution in [1.29, 1.82) is 10.5 Å². The topological polar surface area (TPSA) is 86.4 Å². The molecule has 0 heterocycles. The van der Waals surface area contributed by atoms with E-state index in [9.17, 15) is 15.3 Å². The van der Waals surface area contributed by atoms with Crippen LogP contribution in [0.2, 0.25) is 0 Å². The van der Waals surface area contributed by atoms with Crippen LogP contribution in [0.15, 0.2) is 97.2 Å². The molecule has 6 nitrogen and oxygen atoms in total. The molecule has 0 bridgehead atoms. The smallest absolute Gasteiger partial charge is 0.418 e. The monoisotopic (exact) mass is 507 g/mol. The second-order valence-electron chi connectivity index (χ2n) is 10.1. The fourth-order valence-electron chi connectivity index (χ4n) is 4.42. The van der Waals surface area contributed by atoms with Gasteiger partial charge in [0.2, 0.25) is 0 Å². The van der Waals surface area contributed by atoms with Crippen LogP contribution in [-0.4, -0.2) is 18.8 Å². The molecule has 0 aliphatic carbocycles. The van der Waals surface area contributed by atoms with E-state index in [0.717, 1.165) is 11.1 Å². The number of carbonyl (C=O) groups is 1. The Morgan fingerprint density at radius 1 is 0.868 bits per heavy atom. The van der Waals surface area contributed by atoms with Crippen molar-refractivity contribution >= 4 is 11.8 Å². The van der Waals surface area contributed by atoms with Crippen LogP contribution in [0.4, 0.5) is 10.5 Å². The van der Waals surface area contributed by atoms with Gasteiger partial charge in [-0.2, -0.15) is 10.5 Å². The summed E-state index contributed by atoms with van der Waals surface area (Å²) in [6, 6.07) is 30.8. The highest BCUT2D eigenvalue weighted by molar-refractivity contribution is 5.90. The molecule has 1 amide bonds. The Labute approximate surface area is 225 Å². The summed E-state index contributed by atoms with van der Waals surface area (Å²) in [5.74, 6) is -0.735. The van der Waals surface area contributed by atoms with Gasteiger partial charge >= 0.3 is 6.09 Å². The number of anilines is 1. The minimum absolute atomic E-state index is 0.432. The van der Waals surface area contributed by atoms with Crippen molar-refractivity contribution in [3.8, 4) is 17.9 Å². The molecule has 3 aromatic carbocycles. The van der Waals surface area contributed by atoms with E-state index in [0.29, 0.717) is 11.4 Å². The van der Waals surface area contributed by atoms with Crippen LogP contribution >= 0.6 is 0 Å². The summed E-state index contributed by atoms with van der Waals surface area (Å²) in [4.78, 5) is 14.8. The quantitative estimate of drug-likeness (QED) is 0.318. The largest absolute Gasteiger partial charge is 0.497 e. The van der Waals surface area contributed by atoms with Gasteiger partial charge in [0, 0.05) is 17.5 Å². The van der Waals surface area contributed by atoms with E-state index in [-0.39, 0.29) is 0 Å². The van der Waals surface area contributed by atoms with E-state index in [1.54, 1.807) is 37.6 Å². The van der Waals surface area contributed by atoms with Crippen LogP contribution in [-0.2, 0) is 10.2 Å². The van der Waals surface area contributed by atoms with Gasteiger partial charge < -0.3 is 9.47 Å². The third-order valence-corrected chi connectivity index (χ3v) is 6.43. The number of benzene rings is 3. The molecular weight excluding hydrogens is 474 g/mol. The van der Waals surface area contributed by atoms with Crippen molar-refractivity contribution in [3.63, 3.8) is 0 Å². The van der Waals surface area contributed by atoms with Gasteiger partial charge in [-0.15, -0.1) is 0 Å². The molecule has 0 spiro atoms. The molecule has 0 fully saturated rings. The van der Waals surface area contributed by atoms with Crippen molar-refractivity contribution in [1.82, 2.24) is 0 Å². The SMILES string of the molecule is COc1ccc(N(/C=C\[C@@H](c2ccccc2)[C@@](C)(c2ccccc2)C(C#N)C#N)C(=O)OC(C)(C)C)cc1. The average molecular weight is 508 g/mol. The number of hydrogen-bond donors (Lipinski definition) is 0. The molecule has 6 heteroatoms. The molecule has 194 valence electrons. The first-order valence-corrected chi connectivity index (χ1v) is 12.4. The standard InChI is InChI=1S/C32H33N3O3/c1-31(2,3)38-30(36)35(27-16-18-28(37-5)19-17-27)21-20-29(24-12-8-6-9-13-24)32(4,26(22-33)23-34)25-14-10-7-11-15-25/h6-21,26,29H,1-5H3/b21-20-/t29-,32-/m0/s1. The molecule has 0 unspecified atom stereocenters. The van der Waals surface area contributed by atoms with Crippen LogP contribution in [0.3, 0.4) is 0 Å². The summed E-state index contributed by atoms with van der Waals surface area (Å²) in [5, 5.41) is 20.1. The summed E-state index contributed by atoms with van der Waals surface area (Å²) >= 11 is 0. The van der Waals surface area contributed by atoms with Crippen LogP contribution in [0.1, 0.15) is 44.7 Å². The number of amides is 1. The average Bonchev–Trinajstić information content (AvgIpc) is 2.91. The van der Waals surface area contributed by atoms with Gasteiger partial charge in [0.15, 0.2) is 0 Å². The maximum Gasteiger partial charge on any atom is 0.418 e. The molecule has 0 saturated heterocycles. The van der Waals surface area contributed by atoms with Crippen molar-refractivity contribution in [2.75, 3.05) is 12.0 Å². The van der Waals surface area contributed by atoms with E-state index in [2.05, 4.69) is 12.1 Å². The first-order chi connectivity index (χ1) is 18.1. The van der Waals surface area contributed by atoms with Crippen molar-refractivity contribution in [2.45, 2.75) is 44.6 Å². The minimum atomic E-state index is -0.962. The van der Waals surface area contributed by atoms with Gasteiger partial charge in [0.1, 0.15) is 17.3 Å². The molecule has 2 atom stereocenters. The Morgan fingerprint density at radius 3 is 1.92 bits per heavy atom. The fourth-order valence-corrected chi connectivity index (χ4v) is 4.42. The van der Waals surface area contributed by atoms with Gasteiger partial charge in [-0.05, 0) is 56.2 Å². The molecule has 0 N–H and O–H groups in total. The normalized spacial score (nSPS) is 13.7. The second-order valence-corrected chi connectivity index (χ2v) is 10.1. The predicted molar refractivity (Wildman–Crippen MR) is 149 cm³/mol. The Kier molecular flexibility index (Phi) is 8.94. The predicted octanol–water partition coefficient (Wildman–Crippen LogP) is 7.36. The zero-order valence-corrected chi connectivity index (χ0v) is 22.5. The fraction of sp³-hybridized carbons (Fsp3) is 0.281. The molecule has 3 rings (SSSR count). The third kappa shape index (κ3) is 6.41.